The van der Waals surface area contributed by atoms with Crippen molar-refractivity contribution in [3.63, 3.8) is 0 Å². The van der Waals surface area contributed by atoms with E-state index >= 15 is 0 Å². The molecule has 1 atom stereocenters. The number of sulfonamides is 1. The normalized spacial score (nSPS) is 18.7. The first-order valence-electron chi connectivity index (χ1n) is 9.57. The molecular formula is C20H19N5O3S2. The van der Waals surface area contributed by atoms with Gasteiger partial charge in [-0.05, 0) is 48.7 Å². The molecule has 4 heterocycles. The molecule has 2 aliphatic rings. The van der Waals surface area contributed by atoms with Crippen molar-refractivity contribution in [2.24, 2.45) is 0 Å². The zero-order valence-corrected chi connectivity index (χ0v) is 17.6. The highest BCUT2D eigenvalue weighted by atomic mass is 32.2. The van der Waals surface area contributed by atoms with E-state index in [1.54, 1.807) is 28.6 Å². The first-order chi connectivity index (χ1) is 14.5. The molecule has 0 aliphatic carbocycles. The summed E-state index contributed by atoms with van der Waals surface area (Å²) in [6, 6.07) is 10.1. The molecule has 1 saturated heterocycles. The third-order valence-corrected chi connectivity index (χ3v) is 7.60. The van der Waals surface area contributed by atoms with Crippen LogP contribution in [0.3, 0.4) is 0 Å². The van der Waals surface area contributed by atoms with Crippen molar-refractivity contribution < 1.29 is 13.2 Å². The highest BCUT2D eigenvalue weighted by Crippen LogP contribution is 2.32. The van der Waals surface area contributed by atoms with Crippen LogP contribution in [-0.2, 0) is 21.2 Å². The number of nitrogens with one attached hydrogen (secondary N) is 1. The fourth-order valence-electron chi connectivity index (χ4n) is 4.00. The Morgan fingerprint density at radius 2 is 1.90 bits per heavy atom. The Morgan fingerprint density at radius 3 is 2.67 bits per heavy atom. The number of carbonyl (C=O) groups is 1. The van der Waals surface area contributed by atoms with Gasteiger partial charge >= 0.3 is 0 Å². The summed E-state index contributed by atoms with van der Waals surface area (Å²) in [6.45, 7) is 1.38. The van der Waals surface area contributed by atoms with Gasteiger partial charge in [-0.15, -0.1) is 11.3 Å². The first-order valence-corrected chi connectivity index (χ1v) is 11.9. The van der Waals surface area contributed by atoms with Gasteiger partial charge in [-0.2, -0.15) is 0 Å². The predicted octanol–water partition coefficient (Wildman–Crippen LogP) is 2.51. The van der Waals surface area contributed by atoms with Crippen LogP contribution in [0.1, 0.15) is 12.0 Å². The number of hydrogen-bond acceptors (Lipinski definition) is 7. The number of rotatable bonds is 5. The monoisotopic (exact) mass is 441 g/mol. The van der Waals surface area contributed by atoms with E-state index < -0.39 is 10.0 Å². The second kappa shape index (κ2) is 7.37. The van der Waals surface area contributed by atoms with E-state index in [4.69, 9.17) is 0 Å². The molecule has 1 fully saturated rings. The van der Waals surface area contributed by atoms with Crippen LogP contribution in [-0.4, -0.2) is 43.4 Å². The lowest BCUT2D eigenvalue weighted by Gasteiger charge is -2.25. The van der Waals surface area contributed by atoms with Gasteiger partial charge in [0.25, 0.3) is 10.0 Å². The van der Waals surface area contributed by atoms with Crippen LogP contribution >= 0.6 is 11.3 Å². The largest absolute Gasteiger partial charge is 0.344 e. The standard InChI is InChI=1S/C20H19N5O3S2/c26-19-17(25-11-7-14-2-1-9-21-18(14)25)8-12-24(19)15-3-5-16(6-4-15)30(27,28)23-20-22-10-13-29-20/h1-6,9-10,13,17H,7-8,11-12H2,(H,22,23)/t17-/m1/s1. The van der Waals surface area contributed by atoms with E-state index in [9.17, 15) is 13.2 Å². The molecule has 2 aliphatic heterocycles. The van der Waals surface area contributed by atoms with E-state index in [1.807, 2.05) is 6.07 Å². The lowest BCUT2D eigenvalue weighted by molar-refractivity contribution is -0.118. The van der Waals surface area contributed by atoms with Gasteiger partial charge < -0.3 is 9.80 Å². The minimum absolute atomic E-state index is 0.0185. The van der Waals surface area contributed by atoms with Crippen molar-refractivity contribution in [2.75, 3.05) is 27.6 Å². The molecule has 2 aromatic heterocycles. The van der Waals surface area contributed by atoms with Crippen molar-refractivity contribution in [3.05, 3.63) is 59.7 Å². The van der Waals surface area contributed by atoms with Crippen LogP contribution < -0.4 is 14.5 Å². The Morgan fingerprint density at radius 1 is 1.07 bits per heavy atom. The average Bonchev–Trinajstić information content (AvgIpc) is 3.48. The van der Waals surface area contributed by atoms with E-state index in [1.165, 1.54) is 35.2 Å². The molecule has 1 amide bonds. The number of aromatic nitrogens is 2. The van der Waals surface area contributed by atoms with Crippen LogP contribution in [0.25, 0.3) is 0 Å². The van der Waals surface area contributed by atoms with Crippen molar-refractivity contribution >= 4 is 43.9 Å². The zero-order chi connectivity index (χ0) is 20.7. The maximum absolute atomic E-state index is 13.1. The number of benzene rings is 1. The number of thiazole rings is 1. The van der Waals surface area contributed by atoms with E-state index in [-0.39, 0.29) is 16.8 Å². The summed E-state index contributed by atoms with van der Waals surface area (Å²) in [4.78, 5) is 25.5. The summed E-state index contributed by atoms with van der Waals surface area (Å²) in [5.41, 5.74) is 1.86. The van der Waals surface area contributed by atoms with Gasteiger partial charge in [0, 0.05) is 36.6 Å². The minimum Gasteiger partial charge on any atom is -0.344 e. The zero-order valence-electron chi connectivity index (χ0n) is 15.9. The number of hydrogen-bond donors (Lipinski definition) is 1. The topological polar surface area (TPSA) is 95.5 Å². The quantitative estimate of drug-likeness (QED) is 0.654. The highest BCUT2D eigenvalue weighted by molar-refractivity contribution is 7.93. The number of fused-ring (bicyclic) bond motifs is 1. The SMILES string of the molecule is O=C1[C@H](N2CCc3cccnc32)CCN1c1ccc(S(=O)(=O)Nc2nccs2)cc1. The average molecular weight is 442 g/mol. The Labute approximate surface area is 178 Å². The molecular weight excluding hydrogens is 422 g/mol. The van der Waals surface area contributed by atoms with Crippen LogP contribution in [0.5, 0.6) is 0 Å². The lowest BCUT2D eigenvalue weighted by atomic mass is 10.2. The third kappa shape index (κ3) is 3.31. The van der Waals surface area contributed by atoms with E-state index in [0.717, 1.165) is 18.8 Å². The molecule has 0 bridgehead atoms. The summed E-state index contributed by atoms with van der Waals surface area (Å²) < 4.78 is 27.5. The van der Waals surface area contributed by atoms with Crippen LogP contribution in [0.15, 0.2) is 59.1 Å². The smallest absolute Gasteiger partial charge is 0.263 e. The van der Waals surface area contributed by atoms with Crippen LogP contribution in [0.4, 0.5) is 16.6 Å². The number of nitrogens with zero attached hydrogens (tertiary/aromatic N) is 4. The summed E-state index contributed by atoms with van der Waals surface area (Å²) >= 11 is 1.21. The van der Waals surface area contributed by atoms with Gasteiger partial charge in [-0.25, -0.2) is 18.4 Å². The number of anilines is 3. The van der Waals surface area contributed by atoms with Gasteiger partial charge in [0.15, 0.2) is 5.13 Å². The fraction of sp³-hybridized carbons (Fsp3) is 0.250. The Bertz CT molecular complexity index is 1180. The third-order valence-electron chi connectivity index (χ3n) is 5.43. The lowest BCUT2D eigenvalue weighted by Crippen LogP contribution is -2.41. The van der Waals surface area contributed by atoms with Gasteiger partial charge in [-0.3, -0.25) is 9.52 Å². The summed E-state index contributed by atoms with van der Waals surface area (Å²) in [6.07, 6.45) is 4.90. The number of pyridine rings is 1. The second-order valence-corrected chi connectivity index (χ2v) is 9.74. The molecule has 0 radical (unpaired) electrons. The molecule has 0 spiro atoms. The molecule has 1 aromatic carbocycles. The molecule has 3 aromatic rings. The molecule has 5 rings (SSSR count). The van der Waals surface area contributed by atoms with Gasteiger partial charge in [-0.1, -0.05) is 6.07 Å². The fourth-order valence-corrected chi connectivity index (χ4v) is 5.79. The van der Waals surface area contributed by atoms with Crippen molar-refractivity contribution in [3.8, 4) is 0 Å². The van der Waals surface area contributed by atoms with Gasteiger partial charge in [0.2, 0.25) is 5.91 Å². The van der Waals surface area contributed by atoms with Gasteiger partial charge in [0.05, 0.1) is 4.90 Å². The van der Waals surface area contributed by atoms with Crippen LogP contribution in [0, 0.1) is 0 Å². The van der Waals surface area contributed by atoms with E-state index in [2.05, 4.69) is 25.7 Å². The maximum Gasteiger partial charge on any atom is 0.263 e. The van der Waals surface area contributed by atoms with Crippen molar-refractivity contribution in [1.29, 1.82) is 0 Å². The molecule has 30 heavy (non-hydrogen) atoms. The minimum atomic E-state index is -3.72. The molecule has 0 unspecified atom stereocenters. The summed E-state index contributed by atoms with van der Waals surface area (Å²) in [5.74, 6) is 0.914. The first kappa shape index (κ1) is 19.0. The maximum atomic E-state index is 13.1. The van der Waals surface area contributed by atoms with Gasteiger partial charge in [0.1, 0.15) is 11.9 Å². The number of amides is 1. The molecule has 1 N–H and O–H groups in total. The molecule has 10 heteroatoms. The predicted molar refractivity (Wildman–Crippen MR) is 115 cm³/mol. The number of carbonyl (C=O) groups excluding carboxylic acids is 1. The second-order valence-electron chi connectivity index (χ2n) is 7.16. The highest BCUT2D eigenvalue weighted by Gasteiger charge is 2.39. The Kier molecular flexibility index (Phi) is 4.67. The van der Waals surface area contributed by atoms with Crippen LogP contribution in [0.2, 0.25) is 0 Å². The Balaban J connectivity index is 1.33. The summed E-state index contributed by atoms with van der Waals surface area (Å²) in [5, 5.41) is 2.01. The van der Waals surface area contributed by atoms with E-state index in [0.29, 0.717) is 23.8 Å². The summed E-state index contributed by atoms with van der Waals surface area (Å²) in [7, 11) is -3.72. The van der Waals surface area contributed by atoms with Crippen molar-refractivity contribution in [2.45, 2.75) is 23.8 Å². The molecule has 0 saturated carbocycles. The molecule has 8 nitrogen and oxygen atoms in total. The van der Waals surface area contributed by atoms with Crippen molar-refractivity contribution in [1.82, 2.24) is 9.97 Å². The Hall–Kier alpha value is -2.98. The molecule has 154 valence electrons.